The third-order valence-electron chi connectivity index (χ3n) is 3.73. The Labute approximate surface area is 161 Å². The smallest absolute Gasteiger partial charge is 0.387 e. The summed E-state index contributed by atoms with van der Waals surface area (Å²) in [5.41, 5.74) is 1.57. The van der Waals surface area contributed by atoms with Gasteiger partial charge in [0.1, 0.15) is 11.5 Å². The van der Waals surface area contributed by atoms with Crippen molar-refractivity contribution in [2.75, 3.05) is 20.3 Å². The van der Waals surface area contributed by atoms with E-state index >= 15 is 0 Å². The molecule has 0 atom stereocenters. The molecule has 0 spiro atoms. The molecule has 8 heteroatoms. The zero-order valence-corrected chi connectivity index (χ0v) is 15.3. The molecular formula is C20H21F2NO5. The number of rotatable bonds is 10. The summed E-state index contributed by atoms with van der Waals surface area (Å²) in [6.07, 6.45) is 0.538. The van der Waals surface area contributed by atoms with Crippen LogP contribution >= 0.6 is 0 Å². The molecule has 0 aliphatic carbocycles. The van der Waals surface area contributed by atoms with Crippen LogP contribution in [0.5, 0.6) is 11.5 Å². The van der Waals surface area contributed by atoms with E-state index in [1.165, 1.54) is 19.2 Å². The molecule has 2 aromatic rings. The van der Waals surface area contributed by atoms with E-state index in [9.17, 15) is 18.4 Å². The number of hydrogen-bond acceptors (Lipinski definition) is 5. The van der Waals surface area contributed by atoms with Gasteiger partial charge in [0, 0.05) is 6.54 Å². The lowest BCUT2D eigenvalue weighted by molar-refractivity contribution is -0.147. The minimum Gasteiger partial charge on any atom is -0.497 e. The standard InChI is InChI=1S/C20H21F2NO5/c1-26-17-4-2-3-15(11-17)12-19(25)27-13-18(24)23-10-9-14-5-7-16(8-6-14)28-20(21)22/h2-8,11,20H,9-10,12-13H2,1H3,(H,23,24). The quantitative estimate of drug-likeness (QED) is 0.629. The zero-order valence-electron chi connectivity index (χ0n) is 15.3. The van der Waals surface area contributed by atoms with E-state index in [-0.39, 0.29) is 18.8 Å². The van der Waals surface area contributed by atoms with Crippen molar-refractivity contribution < 1.29 is 32.6 Å². The molecule has 2 aromatic carbocycles. The van der Waals surface area contributed by atoms with E-state index in [0.29, 0.717) is 18.7 Å². The maximum Gasteiger partial charge on any atom is 0.387 e. The first-order valence-corrected chi connectivity index (χ1v) is 8.55. The summed E-state index contributed by atoms with van der Waals surface area (Å²) in [4.78, 5) is 23.6. The Morgan fingerprint density at radius 1 is 1.04 bits per heavy atom. The highest BCUT2D eigenvalue weighted by Gasteiger charge is 2.09. The van der Waals surface area contributed by atoms with Crippen molar-refractivity contribution in [3.63, 3.8) is 0 Å². The Kier molecular flexibility index (Phi) is 8.20. The Morgan fingerprint density at radius 2 is 1.79 bits per heavy atom. The number of esters is 1. The van der Waals surface area contributed by atoms with Crippen molar-refractivity contribution >= 4 is 11.9 Å². The number of hydrogen-bond donors (Lipinski definition) is 1. The van der Waals surface area contributed by atoms with Crippen LogP contribution in [-0.2, 0) is 27.2 Å². The number of carbonyl (C=O) groups excluding carboxylic acids is 2. The summed E-state index contributed by atoms with van der Waals surface area (Å²) >= 11 is 0. The first kappa shape index (κ1) is 21.1. The second kappa shape index (κ2) is 10.9. The topological polar surface area (TPSA) is 73.9 Å². The lowest BCUT2D eigenvalue weighted by atomic mass is 10.1. The molecule has 0 fully saturated rings. The largest absolute Gasteiger partial charge is 0.497 e. The molecular weight excluding hydrogens is 372 g/mol. The normalized spacial score (nSPS) is 10.4. The molecule has 0 radical (unpaired) electrons. The van der Waals surface area contributed by atoms with Gasteiger partial charge in [-0.15, -0.1) is 0 Å². The molecule has 0 aliphatic heterocycles. The first-order valence-electron chi connectivity index (χ1n) is 8.55. The third kappa shape index (κ3) is 7.61. The second-order valence-corrected chi connectivity index (χ2v) is 5.81. The highest BCUT2D eigenvalue weighted by Crippen LogP contribution is 2.15. The van der Waals surface area contributed by atoms with Gasteiger partial charge in [-0.1, -0.05) is 24.3 Å². The Morgan fingerprint density at radius 3 is 2.46 bits per heavy atom. The fourth-order valence-corrected chi connectivity index (χ4v) is 2.38. The van der Waals surface area contributed by atoms with E-state index in [1.807, 2.05) is 0 Å². The Balaban J connectivity index is 1.66. The van der Waals surface area contributed by atoms with Gasteiger partial charge in [-0.05, 0) is 41.8 Å². The van der Waals surface area contributed by atoms with Gasteiger partial charge >= 0.3 is 12.6 Å². The van der Waals surface area contributed by atoms with Crippen LogP contribution in [0, 0.1) is 0 Å². The maximum atomic E-state index is 12.1. The van der Waals surface area contributed by atoms with E-state index in [0.717, 1.165) is 11.1 Å². The molecule has 1 amide bonds. The lowest BCUT2D eigenvalue weighted by Crippen LogP contribution is -2.30. The Bertz CT molecular complexity index is 780. The van der Waals surface area contributed by atoms with Crippen molar-refractivity contribution in [1.82, 2.24) is 5.32 Å². The first-order chi connectivity index (χ1) is 13.5. The number of amides is 1. The van der Waals surface area contributed by atoms with E-state index in [2.05, 4.69) is 10.1 Å². The van der Waals surface area contributed by atoms with Gasteiger partial charge in [0.15, 0.2) is 6.61 Å². The summed E-state index contributed by atoms with van der Waals surface area (Å²) in [6, 6.07) is 13.2. The predicted molar refractivity (Wildman–Crippen MR) is 97.4 cm³/mol. The van der Waals surface area contributed by atoms with Gasteiger partial charge in [0.25, 0.3) is 5.91 Å². The van der Waals surface area contributed by atoms with Crippen LogP contribution < -0.4 is 14.8 Å². The van der Waals surface area contributed by atoms with E-state index in [1.54, 1.807) is 36.4 Å². The Hall–Kier alpha value is -3.16. The van der Waals surface area contributed by atoms with Gasteiger partial charge in [-0.2, -0.15) is 8.78 Å². The van der Waals surface area contributed by atoms with Gasteiger partial charge in [0.2, 0.25) is 0 Å². The maximum absolute atomic E-state index is 12.1. The summed E-state index contributed by atoms with van der Waals surface area (Å²) in [5, 5.41) is 2.63. The average molecular weight is 393 g/mol. The van der Waals surface area contributed by atoms with Gasteiger partial charge < -0.3 is 19.5 Å². The molecule has 0 saturated carbocycles. The van der Waals surface area contributed by atoms with Crippen LogP contribution in [0.15, 0.2) is 48.5 Å². The third-order valence-corrected chi connectivity index (χ3v) is 3.73. The summed E-state index contributed by atoms with van der Waals surface area (Å²) < 4.78 is 38.5. The van der Waals surface area contributed by atoms with Crippen LogP contribution in [0.1, 0.15) is 11.1 Å². The number of ether oxygens (including phenoxy) is 3. The minimum absolute atomic E-state index is 0.0392. The van der Waals surface area contributed by atoms with Crippen LogP contribution in [0.2, 0.25) is 0 Å². The van der Waals surface area contributed by atoms with Gasteiger partial charge in [-0.3, -0.25) is 9.59 Å². The summed E-state index contributed by atoms with van der Waals surface area (Å²) in [7, 11) is 1.54. The molecule has 0 saturated heterocycles. The van der Waals surface area contributed by atoms with Crippen molar-refractivity contribution in [3.05, 3.63) is 59.7 Å². The van der Waals surface area contributed by atoms with E-state index in [4.69, 9.17) is 9.47 Å². The predicted octanol–water partition coefficient (Wildman–Crippen LogP) is 2.74. The number of nitrogens with one attached hydrogen (secondary N) is 1. The van der Waals surface area contributed by atoms with Crippen LogP contribution in [-0.4, -0.2) is 38.7 Å². The van der Waals surface area contributed by atoms with Crippen molar-refractivity contribution in [3.8, 4) is 11.5 Å². The SMILES string of the molecule is COc1cccc(CC(=O)OCC(=O)NCCc2ccc(OC(F)F)cc2)c1. The molecule has 1 N–H and O–H groups in total. The summed E-state index contributed by atoms with van der Waals surface area (Å²) in [6.45, 7) is -2.91. The van der Waals surface area contributed by atoms with Crippen molar-refractivity contribution in [2.45, 2.75) is 19.5 Å². The molecule has 28 heavy (non-hydrogen) atoms. The number of methoxy groups -OCH3 is 1. The zero-order chi connectivity index (χ0) is 20.4. The van der Waals surface area contributed by atoms with Gasteiger partial charge in [0.05, 0.1) is 13.5 Å². The fourth-order valence-electron chi connectivity index (χ4n) is 2.38. The van der Waals surface area contributed by atoms with Crippen molar-refractivity contribution in [2.24, 2.45) is 0 Å². The molecule has 0 aromatic heterocycles. The number of carbonyl (C=O) groups is 2. The molecule has 6 nitrogen and oxygen atoms in total. The molecule has 0 unspecified atom stereocenters. The fraction of sp³-hybridized carbons (Fsp3) is 0.300. The van der Waals surface area contributed by atoms with Crippen LogP contribution in [0.25, 0.3) is 0 Å². The molecule has 0 bridgehead atoms. The van der Waals surface area contributed by atoms with E-state index < -0.39 is 18.5 Å². The van der Waals surface area contributed by atoms with Crippen LogP contribution in [0.3, 0.4) is 0 Å². The number of halogens is 2. The molecule has 0 aliphatic rings. The minimum atomic E-state index is -2.86. The van der Waals surface area contributed by atoms with Gasteiger partial charge in [-0.25, -0.2) is 0 Å². The summed E-state index contributed by atoms with van der Waals surface area (Å²) in [5.74, 6) is -0.225. The second-order valence-electron chi connectivity index (χ2n) is 5.81. The van der Waals surface area contributed by atoms with Crippen molar-refractivity contribution in [1.29, 1.82) is 0 Å². The number of alkyl halides is 2. The van der Waals surface area contributed by atoms with Crippen LogP contribution in [0.4, 0.5) is 8.78 Å². The molecule has 150 valence electrons. The average Bonchev–Trinajstić information content (AvgIpc) is 2.67. The highest BCUT2D eigenvalue weighted by atomic mass is 19.3. The molecule has 0 heterocycles. The lowest BCUT2D eigenvalue weighted by Gasteiger charge is -2.08. The number of benzene rings is 2. The molecule has 2 rings (SSSR count). The monoisotopic (exact) mass is 393 g/mol. The highest BCUT2D eigenvalue weighted by molar-refractivity contribution is 5.81.